The Bertz CT molecular complexity index is 209. The Morgan fingerprint density at radius 3 is 1.46 bits per heavy atom. The van der Waals surface area contributed by atoms with E-state index in [2.05, 4.69) is 0 Å². The van der Waals surface area contributed by atoms with Gasteiger partial charge in [0.15, 0.2) is 0 Å². The summed E-state index contributed by atoms with van der Waals surface area (Å²) in [6.07, 6.45) is -11.5. The summed E-state index contributed by atoms with van der Waals surface area (Å²) in [7, 11) is 0. The maximum absolute atomic E-state index is 11.6. The van der Waals surface area contributed by atoms with E-state index in [9.17, 15) is 35.1 Å². The van der Waals surface area contributed by atoms with Crippen molar-refractivity contribution in [3.63, 3.8) is 0 Å². The number of hydrogen-bond donors (Lipinski definition) is 0. The first kappa shape index (κ1) is 12.0. The molecule has 0 spiro atoms. The molecule has 9 heteroatoms. The molecule has 1 nitrogen and oxygen atoms in total. The topological polar surface area (TPSA) is 9.23 Å². The first-order valence-corrected chi connectivity index (χ1v) is 2.42. The average Bonchev–Trinajstić information content (AvgIpc) is 1.79. The third kappa shape index (κ3) is 4.53. The Labute approximate surface area is 65.6 Å². The molecule has 0 aromatic carbocycles. The van der Waals surface area contributed by atoms with E-state index in [0.29, 0.717) is 0 Å². The summed E-state index contributed by atoms with van der Waals surface area (Å²) in [5.74, 6) is -3.56. The van der Waals surface area contributed by atoms with Crippen LogP contribution in [0.1, 0.15) is 0 Å². The molecular weight excluding hydrogens is 216 g/mol. The van der Waals surface area contributed by atoms with Crippen LogP contribution in [0.15, 0.2) is 11.8 Å². The largest absolute Gasteiger partial charge is 0.574 e. The summed E-state index contributed by atoms with van der Waals surface area (Å²) < 4.78 is 91.8. The van der Waals surface area contributed by atoms with Gasteiger partial charge in [0.1, 0.15) is 0 Å². The highest BCUT2D eigenvalue weighted by molar-refractivity contribution is 4.99. The Morgan fingerprint density at radius 2 is 1.23 bits per heavy atom. The van der Waals surface area contributed by atoms with Crippen LogP contribution in [0.3, 0.4) is 0 Å². The van der Waals surface area contributed by atoms with Crippen molar-refractivity contribution in [1.29, 1.82) is 0 Å². The summed E-state index contributed by atoms with van der Waals surface area (Å²) in [4.78, 5) is 0. The van der Waals surface area contributed by atoms with E-state index in [1.807, 2.05) is 4.74 Å². The minimum Gasteiger partial charge on any atom is -0.376 e. The molecule has 0 aromatic rings. The van der Waals surface area contributed by atoms with E-state index in [1.165, 1.54) is 0 Å². The van der Waals surface area contributed by atoms with E-state index in [1.54, 1.807) is 0 Å². The van der Waals surface area contributed by atoms with Gasteiger partial charge in [-0.1, -0.05) is 0 Å². The second-order valence-electron chi connectivity index (χ2n) is 1.63. The van der Waals surface area contributed by atoms with Crippen molar-refractivity contribution < 1.29 is 39.9 Å². The van der Waals surface area contributed by atoms with Crippen LogP contribution in [0.5, 0.6) is 0 Å². The summed E-state index contributed by atoms with van der Waals surface area (Å²) in [6.45, 7) is 0. The number of rotatable bonds is 1. The molecule has 0 bridgehead atoms. The number of alkyl halides is 6. The lowest BCUT2D eigenvalue weighted by Gasteiger charge is -2.08. The second-order valence-corrected chi connectivity index (χ2v) is 1.63. The number of ether oxygens (including phenoxy) is 1. The molecule has 0 aliphatic heterocycles. The summed E-state index contributed by atoms with van der Waals surface area (Å²) in [6, 6.07) is -3.36. The molecule has 0 saturated heterocycles. The van der Waals surface area contributed by atoms with E-state index in [-0.39, 0.29) is 0 Å². The zero-order valence-corrected chi connectivity index (χ0v) is 5.43. The fraction of sp³-hybridized carbons (Fsp3) is 0.500. The zero-order chi connectivity index (χ0) is 10.9. The molecule has 0 aliphatic rings. The van der Waals surface area contributed by atoms with Crippen LogP contribution in [0, 0.1) is 0 Å². The fourth-order valence-corrected chi connectivity index (χ4v) is 0.258. The minimum absolute atomic E-state index is 2.04. The van der Waals surface area contributed by atoms with Crippen molar-refractivity contribution in [2.24, 2.45) is 0 Å². The smallest absolute Gasteiger partial charge is 0.376 e. The number of halogens is 8. The number of allylic oxidation sites excluding steroid dienone is 1. The van der Waals surface area contributed by atoms with Crippen LogP contribution in [0.4, 0.5) is 35.1 Å². The van der Waals surface area contributed by atoms with Crippen molar-refractivity contribution in [2.75, 3.05) is 0 Å². The van der Waals surface area contributed by atoms with Crippen LogP contribution < -0.4 is 0 Å². The fourth-order valence-electron chi connectivity index (χ4n) is 0.258. The zero-order valence-electron chi connectivity index (χ0n) is 5.43. The quantitative estimate of drug-likeness (QED) is 0.483. The van der Waals surface area contributed by atoms with Crippen molar-refractivity contribution in [1.82, 2.24) is 0 Å². The van der Waals surface area contributed by atoms with Gasteiger partial charge in [-0.25, -0.2) is 0 Å². The highest BCUT2D eigenvalue weighted by Gasteiger charge is 2.43. The molecule has 0 rings (SSSR count). The third-order valence-electron chi connectivity index (χ3n) is 0.627. The van der Waals surface area contributed by atoms with Gasteiger partial charge in [-0.15, -0.1) is 13.2 Å². The maximum Gasteiger partial charge on any atom is 0.574 e. The van der Waals surface area contributed by atoms with Crippen LogP contribution >= 0.6 is 0 Å². The third-order valence-corrected chi connectivity index (χ3v) is 0.627. The van der Waals surface area contributed by atoms with Crippen molar-refractivity contribution in [2.45, 2.75) is 12.5 Å². The van der Waals surface area contributed by atoms with Crippen molar-refractivity contribution >= 4 is 0 Å². The van der Waals surface area contributed by atoms with E-state index in [0.717, 1.165) is 0 Å². The Kier molecular flexibility index (Phi) is 3.12. The second kappa shape index (κ2) is 3.38. The summed E-state index contributed by atoms with van der Waals surface area (Å²) >= 11 is 0. The van der Waals surface area contributed by atoms with Crippen molar-refractivity contribution in [3.05, 3.63) is 11.8 Å². The van der Waals surface area contributed by atoms with Crippen LogP contribution in [-0.2, 0) is 4.74 Å². The van der Waals surface area contributed by atoms with Gasteiger partial charge in [-0.2, -0.15) is 22.0 Å². The standard InChI is InChI=1S/C4F8O/c5-1(3(7,8)9)2(6)13-4(10,11)12/b2-1-. The molecule has 0 amide bonds. The van der Waals surface area contributed by atoms with E-state index < -0.39 is 24.4 Å². The summed E-state index contributed by atoms with van der Waals surface area (Å²) in [5, 5.41) is 0. The molecule has 0 saturated carbocycles. The Balaban J connectivity index is 4.65. The lowest BCUT2D eigenvalue weighted by molar-refractivity contribution is -0.316. The molecule has 0 radical (unpaired) electrons. The first-order chi connectivity index (χ1) is 5.54. The van der Waals surface area contributed by atoms with Gasteiger partial charge in [0.2, 0.25) is 0 Å². The lowest BCUT2D eigenvalue weighted by Crippen LogP contribution is -2.16. The maximum atomic E-state index is 11.6. The summed E-state index contributed by atoms with van der Waals surface area (Å²) in [5.41, 5.74) is 0. The molecular formula is C4F8O. The molecule has 0 heterocycles. The van der Waals surface area contributed by atoms with E-state index in [4.69, 9.17) is 0 Å². The minimum atomic E-state index is -5.84. The first-order valence-electron chi connectivity index (χ1n) is 2.42. The highest BCUT2D eigenvalue weighted by Crippen LogP contribution is 2.32. The van der Waals surface area contributed by atoms with Gasteiger partial charge >= 0.3 is 18.6 Å². The van der Waals surface area contributed by atoms with E-state index >= 15 is 0 Å². The molecule has 0 N–H and O–H groups in total. The molecule has 0 fully saturated rings. The molecule has 0 unspecified atom stereocenters. The van der Waals surface area contributed by atoms with Crippen molar-refractivity contribution in [3.8, 4) is 0 Å². The Morgan fingerprint density at radius 1 is 0.846 bits per heavy atom. The van der Waals surface area contributed by atoms with Crippen LogP contribution in [0.2, 0.25) is 0 Å². The number of hydrogen-bond acceptors (Lipinski definition) is 1. The Hall–Kier alpha value is -1.02. The molecule has 0 aromatic heterocycles. The van der Waals surface area contributed by atoms with Gasteiger partial charge in [-0.3, -0.25) is 0 Å². The molecule has 0 aliphatic carbocycles. The monoisotopic (exact) mass is 216 g/mol. The van der Waals surface area contributed by atoms with Gasteiger partial charge in [0.05, 0.1) is 0 Å². The molecule has 13 heavy (non-hydrogen) atoms. The predicted octanol–water partition coefficient (Wildman–Crippen LogP) is 3.19. The van der Waals surface area contributed by atoms with Crippen LogP contribution in [0.25, 0.3) is 0 Å². The lowest BCUT2D eigenvalue weighted by atomic mass is 10.5. The predicted molar refractivity (Wildman–Crippen MR) is 22.4 cm³/mol. The van der Waals surface area contributed by atoms with Gasteiger partial charge in [0, 0.05) is 0 Å². The van der Waals surface area contributed by atoms with Crippen LogP contribution in [-0.4, -0.2) is 12.5 Å². The molecule has 0 atom stereocenters. The SMILES string of the molecule is F/C(OC(F)(F)F)=C(/F)C(F)(F)F. The van der Waals surface area contributed by atoms with Gasteiger partial charge in [-0.05, 0) is 0 Å². The van der Waals surface area contributed by atoms with Gasteiger partial charge < -0.3 is 4.74 Å². The average molecular weight is 216 g/mol. The molecule has 78 valence electrons. The highest BCUT2D eigenvalue weighted by atomic mass is 19.4. The normalized spacial score (nSPS) is 15.4. The van der Waals surface area contributed by atoms with Gasteiger partial charge in [0.25, 0.3) is 5.83 Å².